The molecule has 0 saturated carbocycles. The summed E-state index contributed by atoms with van der Waals surface area (Å²) in [4.78, 5) is 0. The summed E-state index contributed by atoms with van der Waals surface area (Å²) >= 11 is 3.38. The highest BCUT2D eigenvalue weighted by Gasteiger charge is 2.21. The smallest absolute Gasteiger partial charge is 0.233 e. The van der Waals surface area contributed by atoms with Gasteiger partial charge >= 0.3 is 0 Å². The molecule has 0 aromatic heterocycles. The zero-order valence-corrected chi connectivity index (χ0v) is 12.9. The fourth-order valence-electron chi connectivity index (χ4n) is 1.44. The number of nitrogens with one attached hydrogen (secondary N) is 1. The Kier molecular flexibility index (Phi) is 4.25. The molecule has 1 aromatic rings. The first-order valence-electron chi connectivity index (χ1n) is 5.36. The van der Waals surface area contributed by atoms with E-state index in [1.807, 2.05) is 33.8 Å². The number of sulfonamides is 1. The van der Waals surface area contributed by atoms with Gasteiger partial charge in [-0.25, -0.2) is 8.42 Å². The van der Waals surface area contributed by atoms with Crippen LogP contribution in [0.2, 0.25) is 0 Å². The largest absolute Gasteiger partial charge is 0.284 e. The van der Waals surface area contributed by atoms with E-state index in [1.165, 1.54) is 0 Å². The minimum absolute atomic E-state index is 0.103. The van der Waals surface area contributed by atoms with E-state index in [0.29, 0.717) is 5.69 Å². The van der Waals surface area contributed by atoms with Gasteiger partial charge < -0.3 is 0 Å². The molecular formula is C12H18BrNO2S. The van der Waals surface area contributed by atoms with Crippen LogP contribution >= 0.6 is 15.9 Å². The van der Waals surface area contributed by atoms with Crippen molar-refractivity contribution in [1.29, 1.82) is 0 Å². The Morgan fingerprint density at radius 3 is 2.35 bits per heavy atom. The highest BCUT2D eigenvalue weighted by Crippen LogP contribution is 2.23. The van der Waals surface area contributed by atoms with Crippen molar-refractivity contribution >= 4 is 31.6 Å². The molecule has 3 nitrogen and oxygen atoms in total. The van der Waals surface area contributed by atoms with Gasteiger partial charge in [-0.15, -0.1) is 0 Å². The summed E-state index contributed by atoms with van der Waals surface area (Å²) < 4.78 is 27.3. The molecule has 0 aliphatic carbocycles. The first-order chi connectivity index (χ1) is 7.59. The third-order valence-electron chi connectivity index (χ3n) is 2.07. The molecule has 1 rings (SSSR count). The molecule has 5 heteroatoms. The molecule has 1 aromatic carbocycles. The predicted molar refractivity (Wildman–Crippen MR) is 75.7 cm³/mol. The highest BCUT2D eigenvalue weighted by atomic mass is 79.9. The van der Waals surface area contributed by atoms with Gasteiger partial charge in [-0.3, -0.25) is 4.72 Å². The normalized spacial score (nSPS) is 12.5. The summed E-state index contributed by atoms with van der Waals surface area (Å²) in [5.41, 5.74) is 1.41. The molecular weight excluding hydrogens is 302 g/mol. The average Bonchev–Trinajstić information content (AvgIpc) is 2.06. The van der Waals surface area contributed by atoms with Crippen LogP contribution in [-0.2, 0) is 10.0 Å². The number of hydrogen-bond donors (Lipinski definition) is 1. The molecule has 0 amide bonds. The van der Waals surface area contributed by atoms with Crippen molar-refractivity contribution in [2.75, 3.05) is 10.5 Å². The van der Waals surface area contributed by atoms with Crippen LogP contribution in [0.1, 0.15) is 26.3 Å². The number of halogens is 1. The van der Waals surface area contributed by atoms with Crippen molar-refractivity contribution in [3.05, 3.63) is 28.2 Å². The van der Waals surface area contributed by atoms with E-state index in [2.05, 4.69) is 20.7 Å². The molecule has 0 radical (unpaired) electrons. The molecule has 0 spiro atoms. The lowest BCUT2D eigenvalue weighted by Gasteiger charge is -2.19. The van der Waals surface area contributed by atoms with Crippen LogP contribution in [0.4, 0.5) is 5.69 Å². The second kappa shape index (κ2) is 4.98. The summed E-state index contributed by atoms with van der Waals surface area (Å²) in [6, 6.07) is 5.41. The van der Waals surface area contributed by atoms with E-state index in [-0.39, 0.29) is 11.2 Å². The lowest BCUT2D eigenvalue weighted by Crippen LogP contribution is -2.26. The van der Waals surface area contributed by atoms with Crippen LogP contribution in [0.15, 0.2) is 22.7 Å². The van der Waals surface area contributed by atoms with Crippen molar-refractivity contribution in [3.8, 4) is 0 Å². The van der Waals surface area contributed by atoms with Crippen molar-refractivity contribution in [1.82, 2.24) is 0 Å². The molecule has 96 valence electrons. The lowest BCUT2D eigenvalue weighted by atomic mass is 10.0. The maximum Gasteiger partial charge on any atom is 0.233 e. The molecule has 0 aliphatic heterocycles. The third kappa shape index (κ3) is 5.08. The van der Waals surface area contributed by atoms with Gasteiger partial charge in [0.1, 0.15) is 0 Å². The van der Waals surface area contributed by atoms with Crippen molar-refractivity contribution in [2.45, 2.75) is 27.7 Å². The van der Waals surface area contributed by atoms with E-state index in [1.54, 1.807) is 12.1 Å². The Balaban J connectivity index is 2.87. The summed E-state index contributed by atoms with van der Waals surface area (Å²) in [7, 11) is -3.29. The monoisotopic (exact) mass is 319 g/mol. The van der Waals surface area contributed by atoms with E-state index >= 15 is 0 Å². The number of hydrogen-bond acceptors (Lipinski definition) is 2. The Labute approximate surface area is 112 Å². The molecule has 0 aliphatic rings. The quantitative estimate of drug-likeness (QED) is 0.926. The van der Waals surface area contributed by atoms with E-state index in [9.17, 15) is 8.42 Å². The standard InChI is InChI=1S/C12H18BrNO2S/c1-9-5-6-10(7-11(9)13)14-17(15,16)8-12(2,3)4/h5-7,14H,8H2,1-4H3. The third-order valence-corrected chi connectivity index (χ3v) is 4.72. The highest BCUT2D eigenvalue weighted by molar-refractivity contribution is 9.10. The summed E-state index contributed by atoms with van der Waals surface area (Å²) in [5.74, 6) is 0.103. The maximum absolute atomic E-state index is 11.9. The molecule has 0 bridgehead atoms. The van der Waals surface area contributed by atoms with Gasteiger partial charge in [0.15, 0.2) is 0 Å². The second-order valence-corrected chi connectivity index (χ2v) is 7.96. The lowest BCUT2D eigenvalue weighted by molar-refractivity contribution is 0.463. The predicted octanol–water partition coefficient (Wildman–Crippen LogP) is 3.55. The maximum atomic E-state index is 11.9. The fourth-order valence-corrected chi connectivity index (χ4v) is 3.52. The summed E-state index contributed by atoms with van der Waals surface area (Å²) in [6.45, 7) is 7.66. The molecule has 0 atom stereocenters. The van der Waals surface area contributed by atoms with E-state index in [4.69, 9.17) is 0 Å². The summed E-state index contributed by atoms with van der Waals surface area (Å²) in [6.07, 6.45) is 0. The first kappa shape index (κ1) is 14.5. The Hall–Kier alpha value is -0.550. The molecule has 0 unspecified atom stereocenters. The van der Waals surface area contributed by atoms with Crippen molar-refractivity contribution in [3.63, 3.8) is 0 Å². The zero-order valence-electron chi connectivity index (χ0n) is 10.5. The average molecular weight is 320 g/mol. The molecule has 1 N–H and O–H groups in total. The number of aryl methyl sites for hydroxylation is 1. The van der Waals surface area contributed by atoms with Gasteiger partial charge in [0.25, 0.3) is 0 Å². The SMILES string of the molecule is Cc1ccc(NS(=O)(=O)CC(C)(C)C)cc1Br. The molecule has 0 saturated heterocycles. The van der Waals surface area contributed by atoms with Crippen LogP contribution in [0, 0.1) is 12.3 Å². The van der Waals surface area contributed by atoms with E-state index < -0.39 is 10.0 Å². The molecule has 17 heavy (non-hydrogen) atoms. The van der Waals surface area contributed by atoms with Gasteiger partial charge in [-0.1, -0.05) is 42.8 Å². The van der Waals surface area contributed by atoms with Crippen molar-refractivity contribution < 1.29 is 8.42 Å². The van der Waals surface area contributed by atoms with Gasteiger partial charge in [-0.2, -0.15) is 0 Å². The first-order valence-corrected chi connectivity index (χ1v) is 7.80. The van der Waals surface area contributed by atoms with Crippen LogP contribution in [-0.4, -0.2) is 14.2 Å². The van der Waals surface area contributed by atoms with Crippen LogP contribution in [0.25, 0.3) is 0 Å². The second-order valence-electron chi connectivity index (χ2n) is 5.39. The molecule has 0 heterocycles. The topological polar surface area (TPSA) is 46.2 Å². The fraction of sp³-hybridized carbons (Fsp3) is 0.500. The number of anilines is 1. The van der Waals surface area contributed by atoms with Crippen LogP contribution in [0.5, 0.6) is 0 Å². The Morgan fingerprint density at radius 1 is 1.29 bits per heavy atom. The van der Waals surface area contributed by atoms with Crippen molar-refractivity contribution in [2.24, 2.45) is 5.41 Å². The zero-order chi connectivity index (χ0) is 13.3. The van der Waals surface area contributed by atoms with Crippen LogP contribution < -0.4 is 4.72 Å². The number of rotatable bonds is 3. The van der Waals surface area contributed by atoms with Gasteiger partial charge in [0.2, 0.25) is 10.0 Å². The van der Waals surface area contributed by atoms with E-state index in [0.717, 1.165) is 10.0 Å². The molecule has 0 fully saturated rings. The van der Waals surface area contributed by atoms with Gasteiger partial charge in [0.05, 0.1) is 5.75 Å². The van der Waals surface area contributed by atoms with Gasteiger partial charge in [0, 0.05) is 10.2 Å². The Morgan fingerprint density at radius 2 is 1.88 bits per heavy atom. The van der Waals surface area contributed by atoms with Crippen LogP contribution in [0.3, 0.4) is 0 Å². The summed E-state index contributed by atoms with van der Waals surface area (Å²) in [5, 5.41) is 0. The Bertz CT molecular complexity index is 504. The number of benzene rings is 1. The van der Waals surface area contributed by atoms with Gasteiger partial charge in [-0.05, 0) is 30.0 Å². The minimum Gasteiger partial charge on any atom is -0.284 e. The minimum atomic E-state index is -3.29.